The first kappa shape index (κ1) is 15.1. The fraction of sp³-hybridized carbons (Fsp3) is 0.800. The molecule has 1 saturated carbocycles. The average molecular weight is 254 g/mol. The van der Waals surface area contributed by atoms with Crippen molar-refractivity contribution in [3.8, 4) is 0 Å². The molecule has 0 aromatic rings. The van der Waals surface area contributed by atoms with Crippen LogP contribution in [0.4, 0.5) is 4.79 Å². The Hall–Kier alpha value is -0.990. The number of rotatable bonds is 3. The number of methoxy groups -OCH3 is 1. The van der Waals surface area contributed by atoms with Crippen molar-refractivity contribution in [1.29, 1.82) is 0 Å². The number of carbonyl (C=O) groups excluding carboxylic acids is 1. The first-order chi connectivity index (χ1) is 8.45. The van der Waals surface area contributed by atoms with Gasteiger partial charge in [-0.2, -0.15) is 0 Å². The average Bonchev–Trinajstić information content (AvgIpc) is 2.28. The van der Waals surface area contributed by atoms with Crippen molar-refractivity contribution >= 4 is 6.16 Å². The van der Waals surface area contributed by atoms with Gasteiger partial charge in [0, 0.05) is 5.92 Å². The molecule has 0 aromatic carbocycles. The fourth-order valence-corrected chi connectivity index (χ4v) is 3.23. The summed E-state index contributed by atoms with van der Waals surface area (Å²) in [4.78, 5) is 11.6. The molecule has 0 N–H and O–H groups in total. The Morgan fingerprint density at radius 1 is 1.39 bits per heavy atom. The molecule has 0 amide bonds. The van der Waals surface area contributed by atoms with Crippen molar-refractivity contribution in [2.24, 2.45) is 17.8 Å². The molecule has 3 atom stereocenters. The normalized spacial score (nSPS) is 32.8. The molecule has 104 valence electrons. The molecule has 3 heteroatoms. The predicted octanol–water partition coefficient (Wildman–Crippen LogP) is 4.18. The molecule has 0 aromatic heterocycles. The summed E-state index contributed by atoms with van der Waals surface area (Å²) in [6.45, 7) is 8.58. The summed E-state index contributed by atoms with van der Waals surface area (Å²) in [5, 5.41) is 0. The van der Waals surface area contributed by atoms with Gasteiger partial charge in [0.2, 0.25) is 0 Å². The van der Waals surface area contributed by atoms with Crippen molar-refractivity contribution < 1.29 is 14.3 Å². The van der Waals surface area contributed by atoms with Gasteiger partial charge in [0.15, 0.2) is 0 Å². The Balaban J connectivity index is 3.04. The molecule has 1 aliphatic carbocycles. The highest BCUT2D eigenvalue weighted by atomic mass is 16.7. The second-order valence-electron chi connectivity index (χ2n) is 5.75. The third kappa shape index (κ3) is 3.27. The maximum atomic E-state index is 11.6. The van der Waals surface area contributed by atoms with E-state index in [-0.39, 0.29) is 0 Å². The number of ether oxygens (including phenoxy) is 2. The smallest absolute Gasteiger partial charge is 0.438 e. The van der Waals surface area contributed by atoms with Gasteiger partial charge in [-0.25, -0.2) is 4.79 Å². The maximum Gasteiger partial charge on any atom is 0.508 e. The molecule has 0 heterocycles. The topological polar surface area (TPSA) is 35.5 Å². The number of hydrogen-bond donors (Lipinski definition) is 0. The van der Waals surface area contributed by atoms with Gasteiger partial charge >= 0.3 is 6.16 Å². The van der Waals surface area contributed by atoms with E-state index in [4.69, 9.17) is 9.47 Å². The molecule has 0 aliphatic heterocycles. The van der Waals surface area contributed by atoms with Crippen LogP contribution in [0.2, 0.25) is 0 Å². The van der Waals surface area contributed by atoms with E-state index < -0.39 is 11.8 Å². The van der Waals surface area contributed by atoms with Gasteiger partial charge in [-0.3, -0.25) is 0 Å². The van der Waals surface area contributed by atoms with E-state index in [9.17, 15) is 4.79 Å². The van der Waals surface area contributed by atoms with Crippen LogP contribution in [0.5, 0.6) is 0 Å². The van der Waals surface area contributed by atoms with E-state index in [0.717, 1.165) is 12.8 Å². The Bertz CT molecular complexity index is 309. The summed E-state index contributed by atoms with van der Waals surface area (Å²) in [7, 11) is 1.36. The lowest BCUT2D eigenvalue weighted by Crippen LogP contribution is -2.47. The van der Waals surface area contributed by atoms with Crippen LogP contribution >= 0.6 is 0 Å². The zero-order valence-electron chi connectivity index (χ0n) is 12.2. The molecule has 3 nitrogen and oxygen atoms in total. The van der Waals surface area contributed by atoms with Gasteiger partial charge in [0.25, 0.3) is 0 Å². The summed E-state index contributed by atoms with van der Waals surface area (Å²) in [5.41, 5.74) is -0.492. The zero-order chi connectivity index (χ0) is 13.8. The van der Waals surface area contributed by atoms with Crippen molar-refractivity contribution in [3.63, 3.8) is 0 Å². The van der Waals surface area contributed by atoms with Crippen LogP contribution in [0.15, 0.2) is 12.2 Å². The van der Waals surface area contributed by atoms with Crippen molar-refractivity contribution in [2.75, 3.05) is 7.11 Å². The van der Waals surface area contributed by atoms with Gasteiger partial charge in [-0.1, -0.05) is 33.3 Å². The van der Waals surface area contributed by atoms with Crippen LogP contribution in [-0.2, 0) is 9.47 Å². The molecule has 1 fully saturated rings. The number of hydrogen-bond acceptors (Lipinski definition) is 3. The first-order valence-corrected chi connectivity index (χ1v) is 6.86. The van der Waals surface area contributed by atoms with Gasteiger partial charge < -0.3 is 9.47 Å². The van der Waals surface area contributed by atoms with E-state index in [2.05, 4.69) is 20.8 Å². The fourth-order valence-electron chi connectivity index (χ4n) is 3.23. The third-order valence-electron chi connectivity index (χ3n) is 3.96. The quantitative estimate of drug-likeness (QED) is 0.560. The number of allylic oxidation sites excluding steroid dienone is 1. The van der Waals surface area contributed by atoms with Crippen LogP contribution in [-0.4, -0.2) is 18.9 Å². The Labute approximate surface area is 111 Å². The minimum atomic E-state index is -0.576. The van der Waals surface area contributed by atoms with E-state index in [1.807, 2.05) is 19.1 Å². The van der Waals surface area contributed by atoms with E-state index in [1.54, 1.807) is 0 Å². The number of carbonyl (C=O) groups is 1. The summed E-state index contributed by atoms with van der Waals surface area (Å²) >= 11 is 0. The zero-order valence-corrected chi connectivity index (χ0v) is 12.2. The van der Waals surface area contributed by atoms with Gasteiger partial charge in [-0.05, 0) is 37.7 Å². The third-order valence-corrected chi connectivity index (χ3v) is 3.96. The SMILES string of the molecule is C/C=C/[C@]1(OC(=O)OC)C[C@H](C)CC[C@H]1C(C)C. The molecular weight excluding hydrogens is 228 g/mol. The lowest BCUT2D eigenvalue weighted by atomic mass is 9.66. The van der Waals surface area contributed by atoms with Gasteiger partial charge in [0.1, 0.15) is 5.60 Å². The summed E-state index contributed by atoms with van der Waals surface area (Å²) in [6.07, 6.45) is 6.63. The maximum absolute atomic E-state index is 11.6. The molecule has 18 heavy (non-hydrogen) atoms. The van der Waals surface area contributed by atoms with Crippen molar-refractivity contribution in [1.82, 2.24) is 0 Å². The molecule has 0 saturated heterocycles. The van der Waals surface area contributed by atoms with E-state index >= 15 is 0 Å². The Morgan fingerprint density at radius 2 is 2.06 bits per heavy atom. The monoisotopic (exact) mass is 254 g/mol. The summed E-state index contributed by atoms with van der Waals surface area (Å²) in [5.74, 6) is 1.42. The Kier molecular flexibility index (Phi) is 5.24. The minimum absolute atomic E-state index is 0.365. The molecule has 1 rings (SSSR count). The molecule has 0 unspecified atom stereocenters. The lowest BCUT2D eigenvalue weighted by Gasteiger charge is -2.45. The van der Waals surface area contributed by atoms with Crippen LogP contribution in [0.25, 0.3) is 0 Å². The highest BCUT2D eigenvalue weighted by Gasteiger charge is 2.45. The largest absolute Gasteiger partial charge is 0.508 e. The highest BCUT2D eigenvalue weighted by Crippen LogP contribution is 2.44. The van der Waals surface area contributed by atoms with E-state index in [0.29, 0.717) is 17.8 Å². The van der Waals surface area contributed by atoms with Crippen LogP contribution < -0.4 is 0 Å². The summed E-state index contributed by atoms with van der Waals surface area (Å²) < 4.78 is 10.4. The van der Waals surface area contributed by atoms with Crippen LogP contribution in [0.3, 0.4) is 0 Å². The highest BCUT2D eigenvalue weighted by molar-refractivity contribution is 5.60. The first-order valence-electron chi connectivity index (χ1n) is 6.86. The predicted molar refractivity (Wildman–Crippen MR) is 72.4 cm³/mol. The molecule has 0 radical (unpaired) electrons. The lowest BCUT2D eigenvalue weighted by molar-refractivity contribution is -0.0752. The Morgan fingerprint density at radius 3 is 2.56 bits per heavy atom. The standard InChI is InChI=1S/C15H26O3/c1-6-9-15(18-14(16)17-5)10-12(4)7-8-13(15)11(2)3/h6,9,11-13H,7-8,10H2,1-5H3/b9-6+/t12-,13+,15+/m1/s1. The van der Waals surface area contributed by atoms with Crippen molar-refractivity contribution in [3.05, 3.63) is 12.2 Å². The van der Waals surface area contributed by atoms with Gasteiger partial charge in [-0.15, -0.1) is 0 Å². The van der Waals surface area contributed by atoms with Crippen LogP contribution in [0.1, 0.15) is 47.0 Å². The van der Waals surface area contributed by atoms with Crippen LogP contribution in [0, 0.1) is 17.8 Å². The van der Waals surface area contributed by atoms with Gasteiger partial charge in [0.05, 0.1) is 7.11 Å². The second kappa shape index (κ2) is 6.26. The molecule has 0 bridgehead atoms. The second-order valence-corrected chi connectivity index (χ2v) is 5.75. The minimum Gasteiger partial charge on any atom is -0.438 e. The molecule has 0 spiro atoms. The van der Waals surface area contributed by atoms with Crippen molar-refractivity contribution in [2.45, 2.75) is 52.6 Å². The van der Waals surface area contributed by atoms with E-state index in [1.165, 1.54) is 13.5 Å². The molecule has 1 aliphatic rings. The summed E-state index contributed by atoms with van der Waals surface area (Å²) in [6, 6.07) is 0. The molecular formula is C15H26O3.